The second-order valence-electron chi connectivity index (χ2n) is 5.52. The number of rotatable bonds is 3. The second-order valence-corrected chi connectivity index (χ2v) is 5.52. The van der Waals surface area contributed by atoms with E-state index in [2.05, 4.69) is 24.5 Å². The third kappa shape index (κ3) is 2.33. The Balaban J connectivity index is 1.76. The Morgan fingerprint density at radius 1 is 1.53 bits per heavy atom. The maximum absolute atomic E-state index is 11.9. The van der Waals surface area contributed by atoms with Crippen molar-refractivity contribution in [3.05, 3.63) is 0 Å². The van der Waals surface area contributed by atoms with Crippen LogP contribution in [0.5, 0.6) is 0 Å². The summed E-state index contributed by atoms with van der Waals surface area (Å²) < 4.78 is 0. The fourth-order valence-electron chi connectivity index (χ4n) is 2.61. The molecule has 2 fully saturated rings. The largest absolute Gasteiger partial charge is 0.355 e. The molecule has 15 heavy (non-hydrogen) atoms. The van der Waals surface area contributed by atoms with Gasteiger partial charge in [0, 0.05) is 12.6 Å². The van der Waals surface area contributed by atoms with Crippen LogP contribution in [0.25, 0.3) is 0 Å². The van der Waals surface area contributed by atoms with Crippen molar-refractivity contribution in [1.82, 2.24) is 10.6 Å². The molecule has 2 atom stereocenters. The van der Waals surface area contributed by atoms with Gasteiger partial charge in [-0.25, -0.2) is 0 Å². The minimum absolute atomic E-state index is 0.189. The van der Waals surface area contributed by atoms with Gasteiger partial charge in [-0.05, 0) is 38.1 Å². The van der Waals surface area contributed by atoms with E-state index in [9.17, 15) is 4.79 Å². The molecule has 0 spiro atoms. The van der Waals surface area contributed by atoms with Gasteiger partial charge < -0.3 is 10.6 Å². The summed E-state index contributed by atoms with van der Waals surface area (Å²) in [5.74, 6) is 0.439. The molecular formula is C12H22N2O. The van der Waals surface area contributed by atoms with Crippen LogP contribution in [0.1, 0.15) is 39.5 Å². The molecule has 3 nitrogen and oxygen atoms in total. The van der Waals surface area contributed by atoms with Gasteiger partial charge in [-0.3, -0.25) is 4.79 Å². The predicted octanol–water partition coefficient (Wildman–Crippen LogP) is 1.29. The molecule has 2 unspecified atom stereocenters. The molecule has 0 radical (unpaired) electrons. The summed E-state index contributed by atoms with van der Waals surface area (Å²) in [6, 6.07) is 0.346. The molecule has 1 saturated carbocycles. The van der Waals surface area contributed by atoms with E-state index in [4.69, 9.17) is 0 Å². The van der Waals surface area contributed by atoms with E-state index in [1.165, 1.54) is 19.3 Å². The summed E-state index contributed by atoms with van der Waals surface area (Å²) in [4.78, 5) is 11.9. The van der Waals surface area contributed by atoms with Crippen molar-refractivity contribution in [3.8, 4) is 0 Å². The third-order valence-electron chi connectivity index (χ3n) is 4.11. The quantitative estimate of drug-likeness (QED) is 0.737. The molecule has 0 aromatic heterocycles. The lowest BCUT2D eigenvalue weighted by atomic mass is 9.70. The van der Waals surface area contributed by atoms with Crippen molar-refractivity contribution >= 4 is 5.91 Å². The average Bonchev–Trinajstić information content (AvgIpc) is 2.58. The van der Waals surface area contributed by atoms with Crippen molar-refractivity contribution in [2.45, 2.75) is 45.6 Å². The van der Waals surface area contributed by atoms with Gasteiger partial charge in [0.15, 0.2) is 0 Å². The maximum Gasteiger partial charge on any atom is 0.224 e. The lowest BCUT2D eigenvalue weighted by Crippen LogP contribution is -2.44. The summed E-state index contributed by atoms with van der Waals surface area (Å²) in [5.41, 5.74) is 0.394. The molecule has 1 aliphatic carbocycles. The van der Waals surface area contributed by atoms with Crippen LogP contribution in [0.3, 0.4) is 0 Å². The van der Waals surface area contributed by atoms with Crippen LogP contribution in [0, 0.1) is 11.3 Å². The van der Waals surface area contributed by atoms with E-state index in [1.54, 1.807) is 0 Å². The average molecular weight is 210 g/mol. The Bertz CT molecular complexity index is 248. The molecule has 0 bridgehead atoms. The van der Waals surface area contributed by atoms with Crippen LogP contribution in [0.4, 0.5) is 0 Å². The van der Waals surface area contributed by atoms with E-state index in [1.807, 2.05) is 0 Å². The standard InChI is InChI=1S/C12H22N2O/c1-9-10(4-7-13-9)11(15)14-8-12(2)5-3-6-12/h9-10,13H,3-8H2,1-2H3,(H,14,15). The summed E-state index contributed by atoms with van der Waals surface area (Å²) in [6.07, 6.45) is 4.86. The molecule has 86 valence electrons. The topological polar surface area (TPSA) is 41.1 Å². The van der Waals surface area contributed by atoms with Crippen molar-refractivity contribution in [1.29, 1.82) is 0 Å². The lowest BCUT2D eigenvalue weighted by molar-refractivity contribution is -0.125. The van der Waals surface area contributed by atoms with E-state index in [-0.39, 0.29) is 11.8 Å². The Labute approximate surface area is 92.0 Å². The summed E-state index contributed by atoms with van der Waals surface area (Å²) in [6.45, 7) is 6.22. The predicted molar refractivity (Wildman–Crippen MR) is 60.5 cm³/mol. The highest BCUT2D eigenvalue weighted by molar-refractivity contribution is 5.79. The second kappa shape index (κ2) is 4.12. The molecule has 2 rings (SSSR count). The van der Waals surface area contributed by atoms with E-state index in [0.717, 1.165) is 19.5 Å². The normalized spacial score (nSPS) is 33.5. The van der Waals surface area contributed by atoms with Crippen LogP contribution in [0.2, 0.25) is 0 Å². The van der Waals surface area contributed by atoms with Gasteiger partial charge in [-0.1, -0.05) is 13.3 Å². The zero-order valence-corrected chi connectivity index (χ0v) is 9.81. The molecular weight excluding hydrogens is 188 g/mol. The van der Waals surface area contributed by atoms with Crippen molar-refractivity contribution in [3.63, 3.8) is 0 Å². The fourth-order valence-corrected chi connectivity index (χ4v) is 2.61. The first kappa shape index (κ1) is 10.9. The van der Waals surface area contributed by atoms with Crippen LogP contribution in [-0.4, -0.2) is 25.0 Å². The van der Waals surface area contributed by atoms with Gasteiger partial charge in [-0.2, -0.15) is 0 Å². The van der Waals surface area contributed by atoms with E-state index in [0.29, 0.717) is 11.5 Å². The third-order valence-corrected chi connectivity index (χ3v) is 4.11. The van der Waals surface area contributed by atoms with Gasteiger partial charge in [0.25, 0.3) is 0 Å². The number of hydrogen-bond acceptors (Lipinski definition) is 2. The molecule has 0 aromatic carbocycles. The highest BCUT2D eigenvalue weighted by Crippen LogP contribution is 2.39. The van der Waals surface area contributed by atoms with Crippen molar-refractivity contribution in [2.24, 2.45) is 11.3 Å². The molecule has 1 saturated heterocycles. The first-order chi connectivity index (χ1) is 7.11. The summed E-state index contributed by atoms with van der Waals surface area (Å²) >= 11 is 0. The molecule has 3 heteroatoms. The van der Waals surface area contributed by atoms with Crippen LogP contribution in [0.15, 0.2) is 0 Å². The minimum Gasteiger partial charge on any atom is -0.355 e. The fraction of sp³-hybridized carbons (Fsp3) is 0.917. The van der Waals surface area contributed by atoms with Gasteiger partial charge in [0.05, 0.1) is 5.92 Å². The Hall–Kier alpha value is -0.570. The number of carbonyl (C=O) groups excluding carboxylic acids is 1. The first-order valence-electron chi connectivity index (χ1n) is 6.12. The molecule has 2 aliphatic rings. The van der Waals surface area contributed by atoms with E-state index >= 15 is 0 Å². The monoisotopic (exact) mass is 210 g/mol. The van der Waals surface area contributed by atoms with Gasteiger partial charge >= 0.3 is 0 Å². The van der Waals surface area contributed by atoms with Crippen molar-refractivity contribution < 1.29 is 4.79 Å². The number of amides is 1. The van der Waals surface area contributed by atoms with Crippen LogP contribution < -0.4 is 10.6 Å². The number of carbonyl (C=O) groups is 1. The van der Waals surface area contributed by atoms with Crippen LogP contribution >= 0.6 is 0 Å². The number of hydrogen-bond donors (Lipinski definition) is 2. The Kier molecular flexibility index (Phi) is 3.01. The minimum atomic E-state index is 0.189. The summed E-state index contributed by atoms with van der Waals surface area (Å²) in [5, 5.41) is 6.43. The SMILES string of the molecule is CC1NCCC1C(=O)NCC1(C)CCC1. The molecule has 1 heterocycles. The molecule has 1 aliphatic heterocycles. The van der Waals surface area contributed by atoms with Gasteiger partial charge in [-0.15, -0.1) is 0 Å². The van der Waals surface area contributed by atoms with Gasteiger partial charge in [0.2, 0.25) is 5.91 Å². The van der Waals surface area contributed by atoms with Crippen LogP contribution in [-0.2, 0) is 4.79 Å². The summed E-state index contributed by atoms with van der Waals surface area (Å²) in [7, 11) is 0. The maximum atomic E-state index is 11.9. The zero-order chi connectivity index (χ0) is 10.9. The smallest absolute Gasteiger partial charge is 0.224 e. The van der Waals surface area contributed by atoms with E-state index < -0.39 is 0 Å². The first-order valence-corrected chi connectivity index (χ1v) is 6.12. The molecule has 2 N–H and O–H groups in total. The Morgan fingerprint density at radius 2 is 2.27 bits per heavy atom. The molecule has 0 aromatic rings. The zero-order valence-electron chi connectivity index (χ0n) is 9.81. The highest BCUT2D eigenvalue weighted by atomic mass is 16.1. The lowest BCUT2D eigenvalue weighted by Gasteiger charge is -2.38. The van der Waals surface area contributed by atoms with Gasteiger partial charge in [0.1, 0.15) is 0 Å². The molecule has 1 amide bonds. The highest BCUT2D eigenvalue weighted by Gasteiger charge is 2.34. The number of nitrogens with one attached hydrogen (secondary N) is 2. The Morgan fingerprint density at radius 3 is 2.73 bits per heavy atom. The van der Waals surface area contributed by atoms with Crippen molar-refractivity contribution in [2.75, 3.05) is 13.1 Å².